The van der Waals surface area contributed by atoms with Crippen molar-refractivity contribution in [3.05, 3.63) is 100 Å². The van der Waals surface area contributed by atoms with Gasteiger partial charge in [-0.3, -0.25) is 0 Å². The highest BCUT2D eigenvalue weighted by atomic mass is 16.5. The Morgan fingerprint density at radius 3 is 2.59 bits per heavy atom. The molecule has 3 aromatic carbocycles. The highest BCUT2D eigenvalue weighted by molar-refractivity contribution is 5.92. The van der Waals surface area contributed by atoms with E-state index in [0.29, 0.717) is 35.0 Å². The average molecular weight is 426 g/mol. The van der Waals surface area contributed by atoms with Crippen molar-refractivity contribution >= 4 is 5.97 Å². The van der Waals surface area contributed by atoms with Crippen molar-refractivity contribution < 1.29 is 19.0 Å². The number of aryl methyl sites for hydroxylation is 1. The minimum Gasteiger partial charge on any atom is -0.494 e. The van der Waals surface area contributed by atoms with E-state index in [0.717, 1.165) is 16.7 Å². The second-order valence-corrected chi connectivity index (χ2v) is 7.30. The number of fused-ring (bicyclic) bond motifs is 1. The van der Waals surface area contributed by atoms with Gasteiger partial charge in [-0.05, 0) is 37.6 Å². The maximum atomic E-state index is 12.6. The number of nitrogens with two attached hydrogens (primary N) is 1. The van der Waals surface area contributed by atoms with E-state index < -0.39 is 11.9 Å². The first-order chi connectivity index (χ1) is 15.5. The molecule has 0 bridgehead atoms. The van der Waals surface area contributed by atoms with Gasteiger partial charge in [-0.25, -0.2) is 4.79 Å². The lowest BCUT2D eigenvalue weighted by atomic mass is 9.83. The lowest BCUT2D eigenvalue weighted by molar-refractivity contribution is 0.0733. The molecular weight excluding hydrogens is 404 g/mol. The first-order valence-electron chi connectivity index (χ1n) is 10.2. The zero-order valence-electron chi connectivity index (χ0n) is 17.8. The first kappa shape index (κ1) is 21.0. The Morgan fingerprint density at radius 2 is 1.84 bits per heavy atom. The molecule has 4 rings (SSSR count). The molecule has 160 valence electrons. The summed E-state index contributed by atoms with van der Waals surface area (Å²) in [6.07, 6.45) is 0. The number of benzene rings is 3. The van der Waals surface area contributed by atoms with Crippen molar-refractivity contribution in [3.8, 4) is 23.3 Å². The molecule has 1 unspecified atom stereocenters. The van der Waals surface area contributed by atoms with Crippen LogP contribution in [0.2, 0.25) is 0 Å². The first-order valence-corrected chi connectivity index (χ1v) is 10.2. The molecule has 0 fully saturated rings. The molecule has 1 atom stereocenters. The Morgan fingerprint density at radius 1 is 1.09 bits per heavy atom. The fourth-order valence-electron chi connectivity index (χ4n) is 3.79. The van der Waals surface area contributed by atoms with Crippen LogP contribution in [0.15, 0.2) is 78.2 Å². The van der Waals surface area contributed by atoms with Crippen LogP contribution in [0.1, 0.15) is 39.9 Å². The van der Waals surface area contributed by atoms with Gasteiger partial charge in [0.1, 0.15) is 28.9 Å². The molecule has 6 heteroatoms. The van der Waals surface area contributed by atoms with Crippen molar-refractivity contribution in [2.75, 3.05) is 6.61 Å². The quantitative estimate of drug-likeness (QED) is 0.464. The summed E-state index contributed by atoms with van der Waals surface area (Å²) in [6, 6.07) is 22.0. The number of carbonyl (C=O) groups is 1. The third kappa shape index (κ3) is 3.88. The highest BCUT2D eigenvalue weighted by Crippen LogP contribution is 2.45. The van der Waals surface area contributed by atoms with Crippen molar-refractivity contribution in [2.45, 2.75) is 19.8 Å². The number of nitrogens with zero attached hydrogens (tertiary/aromatic N) is 1. The molecule has 0 saturated heterocycles. The number of ether oxygens (including phenoxy) is 3. The van der Waals surface area contributed by atoms with E-state index in [9.17, 15) is 10.1 Å². The molecule has 0 aliphatic carbocycles. The van der Waals surface area contributed by atoms with E-state index in [-0.39, 0.29) is 5.88 Å². The molecule has 0 spiro atoms. The van der Waals surface area contributed by atoms with Crippen LogP contribution in [-0.4, -0.2) is 12.6 Å². The summed E-state index contributed by atoms with van der Waals surface area (Å²) in [5.74, 6) is 0.503. The smallest absolute Gasteiger partial charge is 0.343 e. The third-order valence-electron chi connectivity index (χ3n) is 5.30. The molecule has 1 aliphatic rings. The molecule has 2 N–H and O–H groups in total. The normalized spacial score (nSPS) is 14.7. The van der Waals surface area contributed by atoms with Gasteiger partial charge < -0.3 is 19.9 Å². The van der Waals surface area contributed by atoms with Crippen molar-refractivity contribution in [1.82, 2.24) is 0 Å². The number of nitriles is 1. The monoisotopic (exact) mass is 426 g/mol. The second kappa shape index (κ2) is 8.86. The average Bonchev–Trinajstić information content (AvgIpc) is 2.79. The lowest BCUT2D eigenvalue weighted by Gasteiger charge is -2.27. The van der Waals surface area contributed by atoms with E-state index in [4.69, 9.17) is 19.9 Å². The van der Waals surface area contributed by atoms with Crippen LogP contribution in [0, 0.1) is 18.3 Å². The number of para-hydroxylation sites is 1. The summed E-state index contributed by atoms with van der Waals surface area (Å²) in [7, 11) is 0. The summed E-state index contributed by atoms with van der Waals surface area (Å²) in [5.41, 5.74) is 9.26. The number of hydrogen-bond donors (Lipinski definition) is 1. The topological polar surface area (TPSA) is 94.6 Å². The van der Waals surface area contributed by atoms with Gasteiger partial charge in [0.05, 0.1) is 18.1 Å². The van der Waals surface area contributed by atoms with E-state index in [1.807, 2.05) is 50.2 Å². The molecule has 0 saturated carbocycles. The van der Waals surface area contributed by atoms with E-state index in [1.165, 1.54) is 0 Å². The van der Waals surface area contributed by atoms with Gasteiger partial charge in [-0.1, -0.05) is 42.5 Å². The van der Waals surface area contributed by atoms with Gasteiger partial charge in [0, 0.05) is 17.2 Å². The number of hydrogen-bond acceptors (Lipinski definition) is 6. The Kier molecular flexibility index (Phi) is 5.82. The van der Waals surface area contributed by atoms with Crippen LogP contribution in [0.25, 0.3) is 0 Å². The van der Waals surface area contributed by atoms with Gasteiger partial charge in [-0.15, -0.1) is 0 Å². The Labute approximate surface area is 186 Å². The van der Waals surface area contributed by atoms with Crippen LogP contribution in [-0.2, 0) is 0 Å². The molecule has 3 aromatic rings. The molecule has 32 heavy (non-hydrogen) atoms. The Hall–Kier alpha value is -4.24. The van der Waals surface area contributed by atoms with E-state index in [1.54, 1.807) is 30.3 Å². The Balaban J connectivity index is 1.73. The molecule has 1 aliphatic heterocycles. The number of carbonyl (C=O) groups excluding carboxylic acids is 1. The molecular formula is C26H22N2O4. The highest BCUT2D eigenvalue weighted by Gasteiger charge is 2.33. The van der Waals surface area contributed by atoms with Gasteiger partial charge >= 0.3 is 5.97 Å². The lowest BCUT2D eigenvalue weighted by Crippen LogP contribution is -2.21. The standard InChI is InChI=1S/C26H22N2O4/c1-3-30-22-11-7-6-10-19(22)24-20-13-12-17(14-23(20)32-25(28)21(24)15-27)31-26(29)18-9-5-4-8-16(18)2/h4-14,24H,3,28H2,1-2H3. The van der Waals surface area contributed by atoms with Gasteiger partial charge in [0.15, 0.2) is 0 Å². The SMILES string of the molecule is CCOc1ccccc1C1C(C#N)=C(N)Oc2cc(OC(=O)c3ccccc3C)ccc21. The molecule has 0 amide bonds. The van der Waals surface area contributed by atoms with Crippen LogP contribution >= 0.6 is 0 Å². The minimum atomic E-state index is -0.465. The van der Waals surface area contributed by atoms with Crippen LogP contribution < -0.4 is 19.9 Å². The fraction of sp³-hybridized carbons (Fsp3) is 0.154. The molecule has 6 nitrogen and oxygen atoms in total. The van der Waals surface area contributed by atoms with Crippen LogP contribution in [0.3, 0.4) is 0 Å². The molecule has 1 heterocycles. The van der Waals surface area contributed by atoms with E-state index in [2.05, 4.69) is 6.07 Å². The van der Waals surface area contributed by atoms with Crippen molar-refractivity contribution in [3.63, 3.8) is 0 Å². The second-order valence-electron chi connectivity index (χ2n) is 7.30. The summed E-state index contributed by atoms with van der Waals surface area (Å²) in [6.45, 7) is 4.24. The zero-order chi connectivity index (χ0) is 22.7. The third-order valence-corrected chi connectivity index (χ3v) is 5.30. The summed E-state index contributed by atoms with van der Waals surface area (Å²) >= 11 is 0. The fourth-order valence-corrected chi connectivity index (χ4v) is 3.79. The maximum absolute atomic E-state index is 12.6. The van der Waals surface area contributed by atoms with E-state index >= 15 is 0 Å². The zero-order valence-corrected chi connectivity index (χ0v) is 17.8. The molecule has 0 radical (unpaired) electrons. The predicted molar refractivity (Wildman–Crippen MR) is 119 cm³/mol. The summed E-state index contributed by atoms with van der Waals surface area (Å²) < 4.78 is 17.1. The van der Waals surface area contributed by atoms with Crippen LogP contribution in [0.5, 0.6) is 17.2 Å². The largest absolute Gasteiger partial charge is 0.494 e. The van der Waals surface area contributed by atoms with Crippen molar-refractivity contribution in [2.24, 2.45) is 5.73 Å². The summed E-state index contributed by atoms with van der Waals surface area (Å²) in [4.78, 5) is 12.6. The predicted octanol–water partition coefficient (Wildman–Crippen LogP) is 4.83. The van der Waals surface area contributed by atoms with Gasteiger partial charge in [0.25, 0.3) is 0 Å². The summed E-state index contributed by atoms with van der Waals surface area (Å²) in [5, 5.41) is 9.79. The van der Waals surface area contributed by atoms with Crippen LogP contribution in [0.4, 0.5) is 0 Å². The van der Waals surface area contributed by atoms with Crippen molar-refractivity contribution in [1.29, 1.82) is 5.26 Å². The number of allylic oxidation sites excluding steroid dienone is 1. The van der Waals surface area contributed by atoms with Gasteiger partial charge in [-0.2, -0.15) is 5.26 Å². The molecule has 0 aromatic heterocycles. The number of rotatable bonds is 5. The van der Waals surface area contributed by atoms with Gasteiger partial charge in [0.2, 0.25) is 5.88 Å². The Bertz CT molecular complexity index is 1260. The maximum Gasteiger partial charge on any atom is 0.343 e. The number of esters is 1. The minimum absolute atomic E-state index is 0.0127.